The third-order valence-corrected chi connectivity index (χ3v) is 5.20. The van der Waals surface area contributed by atoms with Crippen LogP contribution in [0.1, 0.15) is 0 Å². The van der Waals surface area contributed by atoms with Crippen LogP contribution in [0, 0.1) is 0 Å². The van der Waals surface area contributed by atoms with Gasteiger partial charge in [-0.05, 0) is 0 Å². The van der Waals surface area contributed by atoms with Crippen LogP contribution in [0.25, 0.3) is 0 Å². The number of aliphatic hydroxyl groups is 2. The Kier molecular flexibility index (Phi) is 6.01. The number of phosphoric ester groups is 1. The maximum absolute atomic E-state index is 11.3. The summed E-state index contributed by atoms with van der Waals surface area (Å²) in [6, 6.07) is 0. The molecule has 5 atom stereocenters. The Morgan fingerprint density at radius 1 is 1.05 bits per heavy atom. The summed E-state index contributed by atoms with van der Waals surface area (Å²) in [5.41, 5.74) is -1.83. The number of aliphatic hydroxyl groups excluding tert-OH is 2. The summed E-state index contributed by atoms with van der Waals surface area (Å²) >= 11 is 0. The van der Waals surface area contributed by atoms with Gasteiger partial charge in [0.05, 0.1) is 0 Å². The van der Waals surface area contributed by atoms with E-state index in [1.807, 2.05) is 0 Å². The lowest BCUT2D eigenvalue weighted by atomic mass is 10.1. The Bertz CT molecular complexity index is 519. The van der Waals surface area contributed by atoms with Crippen molar-refractivity contribution in [2.45, 2.75) is 24.6 Å². The van der Waals surface area contributed by atoms with Gasteiger partial charge in [0.15, 0.2) is 12.4 Å². The molecule has 0 radical (unpaired) electrons. The van der Waals surface area contributed by atoms with E-state index >= 15 is 0 Å². The third kappa shape index (κ3) is 5.34. The van der Waals surface area contributed by atoms with Gasteiger partial charge in [-0.2, -0.15) is 19.0 Å². The number of ether oxygens (including phenoxy) is 1. The van der Waals surface area contributed by atoms with Crippen LogP contribution < -0.4 is 0 Å². The van der Waals surface area contributed by atoms with E-state index in [4.69, 9.17) is 29.4 Å². The fourth-order valence-corrected chi connectivity index (χ4v) is 3.61. The molecule has 1 heterocycles. The van der Waals surface area contributed by atoms with E-state index < -0.39 is 53.7 Å². The molecule has 0 aromatic rings. The van der Waals surface area contributed by atoms with Crippen molar-refractivity contribution in [2.24, 2.45) is 0 Å². The van der Waals surface area contributed by atoms with E-state index in [9.17, 15) is 24.1 Å². The first-order valence-corrected chi connectivity index (χ1v) is 9.73. The number of carbonyl (C=O) groups excluding carboxylic acids is 1. The van der Waals surface area contributed by atoms with E-state index in [0.29, 0.717) is 0 Å². The highest BCUT2D eigenvalue weighted by Crippen LogP contribution is 2.59. The Balaban J connectivity index is 2.85. The number of phosphoric acid groups is 2. The molecule has 0 bridgehead atoms. The fourth-order valence-electron chi connectivity index (χ4n) is 1.39. The van der Waals surface area contributed by atoms with Gasteiger partial charge in [0.2, 0.25) is 0 Å². The van der Waals surface area contributed by atoms with Crippen LogP contribution in [0.5, 0.6) is 0 Å². The largest absolute Gasteiger partial charge is 0.483 e. The monoisotopic (exact) mass is 389 g/mol. The number of carbonyl (C=O) groups is 1. The Labute approximate surface area is 121 Å². The molecule has 1 fully saturated rings. The highest BCUT2D eigenvalue weighted by atomic mass is 31.3. The van der Waals surface area contributed by atoms with Crippen LogP contribution in [0.3, 0.4) is 0 Å². The molecule has 1 unspecified atom stereocenters. The smallest absolute Gasteiger partial charge is 0.387 e. The van der Waals surface area contributed by atoms with Crippen molar-refractivity contribution < 1.29 is 67.1 Å². The topological polar surface area (TPSA) is 241 Å². The molecule has 0 aliphatic carbocycles. The van der Waals surface area contributed by atoms with Gasteiger partial charge in [0, 0.05) is 0 Å². The molecule has 0 aromatic carbocycles. The minimum absolute atomic E-state index is 1.83. The summed E-state index contributed by atoms with van der Waals surface area (Å²) in [6.45, 7) is 0. The molecule has 130 valence electrons. The highest BCUT2D eigenvalue weighted by molar-refractivity contribution is 7.76. The maximum Gasteiger partial charge on any atom is 0.483 e. The number of hydrogen-bond donors (Lipinski definition) is 8. The van der Waals surface area contributed by atoms with E-state index in [-0.39, 0.29) is 0 Å². The molecule has 1 aliphatic rings. The second-order valence-corrected chi connectivity index (χ2v) is 8.32. The van der Waals surface area contributed by atoms with Crippen molar-refractivity contribution in [2.75, 3.05) is 0 Å². The van der Waals surface area contributed by atoms with Gasteiger partial charge in [-0.3, -0.25) is 4.52 Å². The molecule has 1 aliphatic heterocycles. The molecule has 22 heavy (non-hydrogen) atoms. The zero-order valence-corrected chi connectivity index (χ0v) is 12.9. The summed E-state index contributed by atoms with van der Waals surface area (Å²) in [7, 11) is -16.0. The molecule has 0 spiro atoms. The van der Waals surface area contributed by atoms with E-state index in [0.717, 1.165) is 0 Å². The normalized spacial score (nSPS) is 32.7. The minimum atomic E-state index is -5.47. The maximum atomic E-state index is 11.3. The van der Waals surface area contributed by atoms with E-state index in [1.165, 1.54) is 0 Å². The van der Waals surface area contributed by atoms with Crippen molar-refractivity contribution in [3.8, 4) is 0 Å². The molecular weight excluding hydrogens is 377 g/mol. The van der Waals surface area contributed by atoms with Crippen molar-refractivity contribution in [3.05, 3.63) is 0 Å². The molecule has 0 saturated carbocycles. The number of hydrogen-bond acceptors (Lipinski definition) is 11. The van der Waals surface area contributed by atoms with Crippen LogP contribution in [0.15, 0.2) is 0 Å². The lowest BCUT2D eigenvalue weighted by Crippen LogP contribution is -2.37. The Morgan fingerprint density at radius 3 is 1.95 bits per heavy atom. The predicted octanol–water partition coefficient (Wildman–Crippen LogP) is -3.07. The zero-order chi connectivity index (χ0) is 17.5. The van der Waals surface area contributed by atoms with Gasteiger partial charge in [0.25, 0.3) is 0 Å². The van der Waals surface area contributed by atoms with Crippen LogP contribution >= 0.6 is 23.6 Å². The molecule has 14 nitrogen and oxygen atoms in total. The predicted molar refractivity (Wildman–Crippen MR) is 63.3 cm³/mol. The van der Waals surface area contributed by atoms with Crippen LogP contribution in [-0.2, 0) is 27.5 Å². The van der Waals surface area contributed by atoms with Crippen LogP contribution in [-0.4, -0.2) is 69.7 Å². The zero-order valence-electron chi connectivity index (χ0n) is 10.2. The second-order valence-electron chi connectivity index (χ2n) is 3.96. The summed E-state index contributed by atoms with van der Waals surface area (Å²) in [6.07, 6.45) is -8.93. The standard InChI is InChI=1S/C5H11O14P3/c6-1-2(7)5(17-3(1)4(8)20(9,10)11)18-22(15,16)19-21(12,13)14/h1-3,5-7,9-11H,(H2-,12,13,14,15,16)/p+1/t1-,2+,3-,5-/m0/s1. The van der Waals surface area contributed by atoms with Gasteiger partial charge in [0.1, 0.15) is 12.2 Å². The third-order valence-electron chi connectivity index (χ3n) is 2.21. The molecule has 0 aromatic heterocycles. The fraction of sp³-hybridized carbons (Fsp3) is 0.800. The summed E-state index contributed by atoms with van der Waals surface area (Å²) in [4.78, 5) is 63.3. The minimum Gasteiger partial charge on any atom is -0.387 e. The van der Waals surface area contributed by atoms with Crippen LogP contribution in [0.4, 0.5) is 0 Å². The molecular formula is C5H12O14P3+. The van der Waals surface area contributed by atoms with Crippen LogP contribution in [0.2, 0.25) is 0 Å². The quantitative estimate of drug-likeness (QED) is 0.210. The van der Waals surface area contributed by atoms with Gasteiger partial charge >= 0.3 is 29.1 Å². The molecule has 1 saturated heterocycles. The Hall–Kier alpha value is 0.120. The van der Waals surface area contributed by atoms with Crippen molar-refractivity contribution >= 4 is 29.1 Å². The van der Waals surface area contributed by atoms with Gasteiger partial charge in [-0.25, -0.2) is 13.9 Å². The SMILES string of the molecule is O=C([C@H]1O[C@@H](OP(=O)(O)OP(=O)(O)O)[C@H](O)[C@@H]1O)[P+](O)(O)O. The molecule has 1 rings (SSSR count). The van der Waals surface area contributed by atoms with Crippen molar-refractivity contribution in [1.29, 1.82) is 0 Å². The lowest BCUT2D eigenvalue weighted by molar-refractivity contribution is -0.141. The van der Waals surface area contributed by atoms with E-state index in [2.05, 4.69) is 13.6 Å². The van der Waals surface area contributed by atoms with Crippen molar-refractivity contribution in [3.63, 3.8) is 0 Å². The molecule has 8 N–H and O–H groups in total. The molecule has 0 amide bonds. The van der Waals surface area contributed by atoms with Crippen molar-refractivity contribution in [1.82, 2.24) is 0 Å². The summed E-state index contributed by atoms with van der Waals surface area (Å²) in [5.74, 6) is 0. The lowest BCUT2D eigenvalue weighted by Gasteiger charge is -2.18. The average Bonchev–Trinajstić information content (AvgIpc) is 2.51. The first-order chi connectivity index (χ1) is 9.64. The number of rotatable bonds is 6. The summed E-state index contributed by atoms with van der Waals surface area (Å²) in [5, 5.41) is 18.9. The average molecular weight is 389 g/mol. The van der Waals surface area contributed by atoms with E-state index in [1.54, 1.807) is 0 Å². The summed E-state index contributed by atoms with van der Waals surface area (Å²) < 4.78 is 33.5. The Morgan fingerprint density at radius 2 is 1.55 bits per heavy atom. The second kappa shape index (κ2) is 6.55. The van der Waals surface area contributed by atoms with Gasteiger partial charge in [-0.1, -0.05) is 0 Å². The van der Waals surface area contributed by atoms with Gasteiger partial charge < -0.3 is 29.6 Å². The first-order valence-electron chi connectivity index (χ1n) is 5.05. The highest BCUT2D eigenvalue weighted by Gasteiger charge is 2.59. The first kappa shape index (κ1) is 20.2. The molecule has 17 heteroatoms. The van der Waals surface area contributed by atoms with Gasteiger partial charge in [-0.15, -0.1) is 0 Å².